The quantitative estimate of drug-likeness (QED) is 0.430. The smallest absolute Gasteiger partial charge is 0.326 e. The molecular formula is C26H31N5O4. The third-order valence-electron chi connectivity index (χ3n) is 7.06. The van der Waals surface area contributed by atoms with Crippen LogP contribution >= 0.6 is 0 Å². The van der Waals surface area contributed by atoms with E-state index >= 15 is 0 Å². The number of nitrogens with zero attached hydrogens (tertiary/aromatic N) is 3. The summed E-state index contributed by atoms with van der Waals surface area (Å²) in [5.74, 6) is 0.176. The van der Waals surface area contributed by atoms with E-state index in [0.29, 0.717) is 35.5 Å². The van der Waals surface area contributed by atoms with Gasteiger partial charge in [0, 0.05) is 30.9 Å². The number of amides is 1. The highest BCUT2D eigenvalue weighted by atomic mass is 16.4. The van der Waals surface area contributed by atoms with Gasteiger partial charge in [0.25, 0.3) is 5.91 Å². The van der Waals surface area contributed by atoms with Gasteiger partial charge < -0.3 is 25.1 Å². The summed E-state index contributed by atoms with van der Waals surface area (Å²) in [5.41, 5.74) is 3.96. The second-order valence-corrected chi connectivity index (χ2v) is 9.52. The predicted molar refractivity (Wildman–Crippen MR) is 131 cm³/mol. The van der Waals surface area contributed by atoms with E-state index in [1.54, 1.807) is 18.2 Å². The lowest BCUT2D eigenvalue weighted by molar-refractivity contribution is -0.139. The van der Waals surface area contributed by atoms with Gasteiger partial charge in [-0.15, -0.1) is 0 Å². The number of hydrogen-bond acceptors (Lipinski definition) is 7. The Hall–Kier alpha value is -3.46. The van der Waals surface area contributed by atoms with Gasteiger partial charge in [-0.25, -0.2) is 14.8 Å². The summed E-state index contributed by atoms with van der Waals surface area (Å²) in [5, 5.41) is 15.7. The topological polar surface area (TPSA) is 121 Å². The number of carbonyl (C=O) groups excluding carboxylic acids is 1. The number of aliphatic carboxylic acids is 1. The Morgan fingerprint density at radius 2 is 2.20 bits per heavy atom. The van der Waals surface area contributed by atoms with Crippen molar-refractivity contribution >= 4 is 28.8 Å². The molecule has 1 saturated heterocycles. The molecule has 2 aliphatic rings. The van der Waals surface area contributed by atoms with Gasteiger partial charge in [-0.2, -0.15) is 0 Å². The molecule has 3 aromatic rings. The number of anilines is 1. The molecule has 2 atom stereocenters. The summed E-state index contributed by atoms with van der Waals surface area (Å²) in [7, 11) is 0. The van der Waals surface area contributed by atoms with E-state index in [-0.39, 0.29) is 0 Å². The molecule has 0 spiro atoms. The molecule has 4 heterocycles. The minimum atomic E-state index is -1.02. The second-order valence-electron chi connectivity index (χ2n) is 9.52. The number of nitrogens with one attached hydrogen (secondary N) is 2. The number of hydrogen-bond donors (Lipinski definition) is 3. The van der Waals surface area contributed by atoms with Crippen LogP contribution in [-0.2, 0) is 17.6 Å². The van der Waals surface area contributed by atoms with Crippen molar-refractivity contribution in [2.45, 2.75) is 44.6 Å². The Morgan fingerprint density at radius 3 is 3.09 bits per heavy atom. The van der Waals surface area contributed by atoms with Crippen LogP contribution in [0.2, 0.25) is 0 Å². The normalized spacial score (nSPS) is 18.7. The summed E-state index contributed by atoms with van der Waals surface area (Å²) in [6, 6.07) is 8.29. The molecule has 9 nitrogen and oxygen atoms in total. The minimum Gasteiger partial charge on any atom is -0.480 e. The van der Waals surface area contributed by atoms with Crippen molar-refractivity contribution in [2.24, 2.45) is 5.92 Å². The first-order chi connectivity index (χ1) is 17.0. The molecule has 35 heavy (non-hydrogen) atoms. The molecule has 1 amide bonds. The molecule has 184 valence electrons. The Labute approximate surface area is 203 Å². The van der Waals surface area contributed by atoms with E-state index in [1.807, 2.05) is 0 Å². The summed E-state index contributed by atoms with van der Waals surface area (Å²) in [6.45, 7) is 3.53. The Balaban J connectivity index is 1.09. The van der Waals surface area contributed by atoms with E-state index in [9.17, 15) is 14.7 Å². The summed E-state index contributed by atoms with van der Waals surface area (Å²) in [6.07, 6.45) is 7.07. The molecule has 2 aliphatic heterocycles. The number of aromatic nitrogens is 2. The average molecular weight is 478 g/mol. The molecule has 1 fully saturated rings. The maximum atomic E-state index is 12.6. The number of fused-ring (bicyclic) bond motifs is 2. The maximum absolute atomic E-state index is 12.6. The standard InChI is InChI=1S/C26H31N5O4/c32-25(19-5-8-23-22(14-19)28-16-35-23)30-21(26(33)34)10-13-31-12-9-17(15-31)3-6-20-7-4-18-2-1-11-27-24(18)29-20/h4-5,7-8,14,16-17,21H,1-3,6,9-13,15H2,(H,27,29)(H,30,32)(H,33,34). The number of carboxylic acid groups (broad SMARTS) is 1. The lowest BCUT2D eigenvalue weighted by Gasteiger charge is -2.20. The van der Waals surface area contributed by atoms with Crippen LogP contribution in [0.25, 0.3) is 11.1 Å². The summed E-state index contributed by atoms with van der Waals surface area (Å²) in [4.78, 5) is 35.6. The van der Waals surface area contributed by atoms with Crippen LogP contribution in [0.15, 0.2) is 41.1 Å². The Bertz CT molecular complexity index is 1210. The molecule has 2 aromatic heterocycles. The maximum Gasteiger partial charge on any atom is 0.326 e. The first-order valence-electron chi connectivity index (χ1n) is 12.4. The van der Waals surface area contributed by atoms with E-state index in [1.165, 1.54) is 12.0 Å². The van der Waals surface area contributed by atoms with Crippen molar-refractivity contribution < 1.29 is 19.1 Å². The van der Waals surface area contributed by atoms with Crippen LogP contribution in [0.3, 0.4) is 0 Å². The highest BCUT2D eigenvalue weighted by Crippen LogP contribution is 2.24. The number of pyridine rings is 1. The molecule has 0 aliphatic carbocycles. The lowest BCUT2D eigenvalue weighted by Crippen LogP contribution is -2.43. The molecule has 9 heteroatoms. The SMILES string of the molecule is O=C(NC(CCN1CCC(CCc2ccc3c(n2)NCCC3)C1)C(=O)O)c1ccc2ocnc2c1. The Morgan fingerprint density at radius 1 is 1.29 bits per heavy atom. The average Bonchev–Trinajstić information content (AvgIpc) is 3.53. The highest BCUT2D eigenvalue weighted by Gasteiger charge is 2.26. The molecule has 3 N–H and O–H groups in total. The molecule has 2 unspecified atom stereocenters. The molecule has 5 rings (SSSR count). The number of benzene rings is 1. The number of carbonyl (C=O) groups is 2. The van der Waals surface area contributed by atoms with Crippen molar-refractivity contribution in [2.75, 3.05) is 31.5 Å². The van der Waals surface area contributed by atoms with E-state index in [0.717, 1.165) is 63.3 Å². The van der Waals surface area contributed by atoms with Gasteiger partial charge in [-0.3, -0.25) is 4.79 Å². The Kier molecular flexibility index (Phi) is 6.94. The largest absolute Gasteiger partial charge is 0.480 e. The zero-order chi connectivity index (χ0) is 24.2. The van der Waals surface area contributed by atoms with Gasteiger partial charge >= 0.3 is 5.97 Å². The fourth-order valence-corrected chi connectivity index (χ4v) is 5.02. The van der Waals surface area contributed by atoms with Crippen LogP contribution in [-0.4, -0.2) is 64.1 Å². The first-order valence-corrected chi connectivity index (χ1v) is 12.4. The van der Waals surface area contributed by atoms with Gasteiger partial charge in [0.1, 0.15) is 17.4 Å². The van der Waals surface area contributed by atoms with Crippen LogP contribution in [0.4, 0.5) is 5.82 Å². The lowest BCUT2D eigenvalue weighted by atomic mass is 10.00. The molecule has 0 saturated carbocycles. The van der Waals surface area contributed by atoms with Crippen LogP contribution < -0.4 is 10.6 Å². The van der Waals surface area contributed by atoms with Gasteiger partial charge in [0.2, 0.25) is 0 Å². The first kappa shape index (κ1) is 23.3. The monoisotopic (exact) mass is 477 g/mol. The van der Waals surface area contributed by atoms with E-state index in [4.69, 9.17) is 9.40 Å². The number of likely N-dealkylation sites (tertiary alicyclic amines) is 1. The fraction of sp³-hybridized carbons (Fsp3) is 0.462. The molecular weight excluding hydrogens is 446 g/mol. The van der Waals surface area contributed by atoms with Crippen LogP contribution in [0.1, 0.15) is 47.3 Å². The zero-order valence-electron chi connectivity index (χ0n) is 19.7. The van der Waals surface area contributed by atoms with Crippen LogP contribution in [0.5, 0.6) is 0 Å². The predicted octanol–water partition coefficient (Wildman–Crippen LogP) is 3.11. The van der Waals surface area contributed by atoms with Crippen LogP contribution in [0, 0.1) is 5.92 Å². The number of rotatable bonds is 9. The second kappa shape index (κ2) is 10.4. The number of oxazole rings is 1. The van der Waals surface area contributed by atoms with Crippen molar-refractivity contribution in [3.05, 3.63) is 53.5 Å². The molecule has 0 bridgehead atoms. The van der Waals surface area contributed by atoms with Gasteiger partial charge in [0.05, 0.1) is 0 Å². The third-order valence-corrected chi connectivity index (χ3v) is 7.06. The zero-order valence-corrected chi connectivity index (χ0v) is 19.7. The molecule has 1 aromatic carbocycles. The third kappa shape index (κ3) is 5.62. The van der Waals surface area contributed by atoms with E-state index < -0.39 is 17.9 Å². The highest BCUT2D eigenvalue weighted by molar-refractivity contribution is 5.98. The fourth-order valence-electron chi connectivity index (χ4n) is 5.02. The summed E-state index contributed by atoms with van der Waals surface area (Å²) < 4.78 is 5.19. The van der Waals surface area contributed by atoms with E-state index in [2.05, 4.69) is 32.7 Å². The van der Waals surface area contributed by atoms with Gasteiger partial charge in [-0.1, -0.05) is 6.07 Å². The van der Waals surface area contributed by atoms with Crippen molar-refractivity contribution in [1.29, 1.82) is 0 Å². The number of carboxylic acids is 1. The van der Waals surface area contributed by atoms with Crippen molar-refractivity contribution in [3.8, 4) is 0 Å². The summed E-state index contributed by atoms with van der Waals surface area (Å²) >= 11 is 0. The minimum absolute atomic E-state index is 0.359. The number of aryl methyl sites for hydroxylation is 2. The molecule has 0 radical (unpaired) electrons. The van der Waals surface area contributed by atoms with Crippen molar-refractivity contribution in [1.82, 2.24) is 20.2 Å². The van der Waals surface area contributed by atoms with Gasteiger partial charge in [-0.05, 0) is 80.8 Å². The van der Waals surface area contributed by atoms with Gasteiger partial charge in [0.15, 0.2) is 12.0 Å². The van der Waals surface area contributed by atoms with Crippen molar-refractivity contribution in [3.63, 3.8) is 0 Å².